The molecule has 0 aromatic heterocycles. The van der Waals surface area contributed by atoms with Crippen LogP contribution in [0.15, 0.2) is 0 Å². The number of carboxylic acids is 1. The van der Waals surface area contributed by atoms with Crippen molar-refractivity contribution >= 4 is 5.97 Å². The summed E-state index contributed by atoms with van der Waals surface area (Å²) in [4.78, 5) is 15.4. The van der Waals surface area contributed by atoms with E-state index in [2.05, 4.69) is 4.90 Å². The van der Waals surface area contributed by atoms with Crippen molar-refractivity contribution in [2.45, 2.75) is 38.6 Å². The highest BCUT2D eigenvalue weighted by atomic mass is 16.4. The Hall–Kier alpha value is -0.610. The lowest BCUT2D eigenvalue weighted by Gasteiger charge is -2.34. The number of piperidine rings is 1. The average Bonchev–Trinajstić information content (AvgIpc) is 2.27. The number of hydrogen-bond donors (Lipinski definition) is 1. The van der Waals surface area contributed by atoms with Gasteiger partial charge < -0.3 is 10.0 Å². The molecule has 0 aliphatic carbocycles. The third kappa shape index (κ3) is 3.46. The van der Waals surface area contributed by atoms with Crippen LogP contribution in [0.4, 0.5) is 0 Å². The Balaban J connectivity index is 2.33. The maximum atomic E-state index is 11.1. The molecule has 1 fully saturated rings. The van der Waals surface area contributed by atoms with Crippen LogP contribution in [-0.4, -0.2) is 59.6 Å². The summed E-state index contributed by atoms with van der Waals surface area (Å²) in [6.45, 7) is 7.65. The Morgan fingerprint density at radius 3 is 2.38 bits per heavy atom. The van der Waals surface area contributed by atoms with E-state index in [1.165, 1.54) is 32.4 Å². The minimum Gasteiger partial charge on any atom is -0.480 e. The first-order valence-corrected chi connectivity index (χ1v) is 6.11. The largest absolute Gasteiger partial charge is 0.480 e. The standard InChI is InChI=1S/C12H24N2O2/c1-12(2,11(15)16)13(3)9-10-14-7-5-4-6-8-14/h4-10H2,1-3H3,(H,15,16). The molecule has 0 aromatic carbocycles. The van der Waals surface area contributed by atoms with Gasteiger partial charge in [-0.15, -0.1) is 0 Å². The molecule has 1 N–H and O–H groups in total. The van der Waals surface area contributed by atoms with Gasteiger partial charge in [0.25, 0.3) is 0 Å². The molecule has 0 aromatic rings. The van der Waals surface area contributed by atoms with E-state index in [0.717, 1.165) is 13.1 Å². The van der Waals surface area contributed by atoms with E-state index in [4.69, 9.17) is 5.11 Å². The second kappa shape index (κ2) is 5.64. The highest BCUT2D eigenvalue weighted by Gasteiger charge is 2.31. The summed E-state index contributed by atoms with van der Waals surface area (Å²) in [5, 5.41) is 9.09. The molecule has 4 nitrogen and oxygen atoms in total. The quantitative estimate of drug-likeness (QED) is 0.769. The molecule has 16 heavy (non-hydrogen) atoms. The summed E-state index contributed by atoms with van der Waals surface area (Å²) in [6.07, 6.45) is 3.91. The number of rotatable bonds is 5. The van der Waals surface area contributed by atoms with Gasteiger partial charge in [0.2, 0.25) is 0 Å². The zero-order chi connectivity index (χ0) is 12.2. The molecular formula is C12H24N2O2. The van der Waals surface area contributed by atoms with Crippen molar-refractivity contribution in [1.29, 1.82) is 0 Å². The van der Waals surface area contributed by atoms with Crippen LogP contribution >= 0.6 is 0 Å². The molecule has 1 aliphatic rings. The summed E-state index contributed by atoms with van der Waals surface area (Å²) in [5.41, 5.74) is -0.768. The fourth-order valence-corrected chi connectivity index (χ4v) is 1.92. The van der Waals surface area contributed by atoms with Gasteiger partial charge in [-0.2, -0.15) is 0 Å². The van der Waals surface area contributed by atoms with Crippen LogP contribution in [0.25, 0.3) is 0 Å². The minimum absolute atomic E-state index is 0.756. The predicted molar refractivity (Wildman–Crippen MR) is 64.6 cm³/mol. The van der Waals surface area contributed by atoms with Crippen LogP contribution in [0.5, 0.6) is 0 Å². The van der Waals surface area contributed by atoms with E-state index in [-0.39, 0.29) is 0 Å². The fourth-order valence-electron chi connectivity index (χ4n) is 1.92. The minimum atomic E-state index is -0.768. The van der Waals surface area contributed by atoms with E-state index in [9.17, 15) is 4.79 Å². The molecule has 0 unspecified atom stereocenters. The summed E-state index contributed by atoms with van der Waals surface area (Å²) in [7, 11) is 1.89. The van der Waals surface area contributed by atoms with Gasteiger partial charge in [0.15, 0.2) is 0 Å². The highest BCUT2D eigenvalue weighted by molar-refractivity contribution is 5.77. The number of likely N-dealkylation sites (tertiary alicyclic amines) is 1. The SMILES string of the molecule is CN(CCN1CCCCC1)C(C)(C)C(=O)O. The molecule has 94 valence electrons. The average molecular weight is 228 g/mol. The zero-order valence-electron chi connectivity index (χ0n) is 10.7. The molecule has 0 spiro atoms. The number of likely N-dealkylation sites (N-methyl/N-ethyl adjacent to an activating group) is 1. The van der Waals surface area contributed by atoms with Crippen LogP contribution in [-0.2, 0) is 4.79 Å². The van der Waals surface area contributed by atoms with Gasteiger partial charge in [0.05, 0.1) is 0 Å². The first-order chi connectivity index (χ1) is 7.44. The van der Waals surface area contributed by atoms with Gasteiger partial charge >= 0.3 is 5.97 Å². The zero-order valence-corrected chi connectivity index (χ0v) is 10.7. The Morgan fingerprint density at radius 1 is 1.31 bits per heavy atom. The lowest BCUT2D eigenvalue weighted by molar-refractivity contribution is -0.148. The normalized spacial score (nSPS) is 19.0. The molecule has 1 saturated heterocycles. The Kier molecular flexibility index (Phi) is 4.74. The van der Waals surface area contributed by atoms with Crippen molar-refractivity contribution in [3.05, 3.63) is 0 Å². The lowest BCUT2D eigenvalue weighted by Crippen LogP contribution is -2.50. The third-order valence-corrected chi connectivity index (χ3v) is 3.68. The summed E-state index contributed by atoms with van der Waals surface area (Å²) in [5.74, 6) is -0.756. The molecule has 0 bridgehead atoms. The summed E-state index contributed by atoms with van der Waals surface area (Å²) >= 11 is 0. The molecular weight excluding hydrogens is 204 g/mol. The maximum absolute atomic E-state index is 11.1. The van der Waals surface area contributed by atoms with Crippen LogP contribution in [0.2, 0.25) is 0 Å². The Bertz CT molecular complexity index is 235. The van der Waals surface area contributed by atoms with Crippen molar-refractivity contribution in [3.63, 3.8) is 0 Å². The van der Waals surface area contributed by atoms with E-state index >= 15 is 0 Å². The molecule has 4 heteroatoms. The van der Waals surface area contributed by atoms with E-state index < -0.39 is 11.5 Å². The third-order valence-electron chi connectivity index (χ3n) is 3.68. The molecule has 0 amide bonds. The van der Waals surface area contributed by atoms with Gasteiger partial charge in [-0.25, -0.2) is 0 Å². The first kappa shape index (κ1) is 13.5. The van der Waals surface area contributed by atoms with E-state index in [1.807, 2.05) is 11.9 Å². The Labute approximate surface area is 98.2 Å². The van der Waals surface area contributed by atoms with Crippen molar-refractivity contribution < 1.29 is 9.90 Å². The van der Waals surface area contributed by atoms with Crippen molar-refractivity contribution in [2.24, 2.45) is 0 Å². The van der Waals surface area contributed by atoms with Crippen molar-refractivity contribution in [2.75, 3.05) is 33.2 Å². The van der Waals surface area contributed by atoms with Crippen LogP contribution in [0, 0.1) is 0 Å². The number of nitrogens with zero attached hydrogens (tertiary/aromatic N) is 2. The molecule has 1 aliphatic heterocycles. The van der Waals surface area contributed by atoms with Crippen LogP contribution < -0.4 is 0 Å². The topological polar surface area (TPSA) is 43.8 Å². The van der Waals surface area contributed by atoms with Gasteiger partial charge in [-0.1, -0.05) is 6.42 Å². The summed E-state index contributed by atoms with van der Waals surface area (Å²) in [6, 6.07) is 0. The number of aliphatic carboxylic acids is 1. The highest BCUT2D eigenvalue weighted by Crippen LogP contribution is 2.13. The molecule has 0 saturated carbocycles. The number of carbonyl (C=O) groups is 1. The molecule has 1 heterocycles. The van der Waals surface area contributed by atoms with E-state index in [1.54, 1.807) is 13.8 Å². The Morgan fingerprint density at radius 2 is 1.88 bits per heavy atom. The van der Waals surface area contributed by atoms with Gasteiger partial charge in [0.1, 0.15) is 5.54 Å². The van der Waals surface area contributed by atoms with Crippen molar-refractivity contribution in [1.82, 2.24) is 9.80 Å². The second-order valence-electron chi connectivity index (χ2n) is 5.19. The van der Waals surface area contributed by atoms with Crippen LogP contribution in [0.3, 0.4) is 0 Å². The smallest absolute Gasteiger partial charge is 0.323 e. The number of hydrogen-bond acceptors (Lipinski definition) is 3. The van der Waals surface area contributed by atoms with Gasteiger partial charge in [-0.05, 0) is 46.8 Å². The first-order valence-electron chi connectivity index (χ1n) is 6.11. The number of carboxylic acid groups (broad SMARTS) is 1. The van der Waals surface area contributed by atoms with Gasteiger partial charge in [0, 0.05) is 13.1 Å². The second-order valence-corrected chi connectivity index (χ2v) is 5.19. The van der Waals surface area contributed by atoms with Crippen molar-refractivity contribution in [3.8, 4) is 0 Å². The van der Waals surface area contributed by atoms with Gasteiger partial charge in [-0.3, -0.25) is 9.69 Å². The maximum Gasteiger partial charge on any atom is 0.323 e. The fraction of sp³-hybridized carbons (Fsp3) is 0.917. The summed E-state index contributed by atoms with van der Waals surface area (Å²) < 4.78 is 0. The monoisotopic (exact) mass is 228 g/mol. The molecule has 0 atom stereocenters. The lowest BCUT2D eigenvalue weighted by atomic mass is 10.0. The predicted octanol–water partition coefficient (Wildman–Crippen LogP) is 1.27. The van der Waals surface area contributed by atoms with Crippen LogP contribution in [0.1, 0.15) is 33.1 Å². The van der Waals surface area contributed by atoms with E-state index in [0.29, 0.717) is 0 Å². The molecule has 0 radical (unpaired) electrons. The molecule has 1 rings (SSSR count).